The number of benzene rings is 2. The van der Waals surface area contributed by atoms with Crippen molar-refractivity contribution < 1.29 is 19.1 Å². The Labute approximate surface area is 177 Å². The van der Waals surface area contributed by atoms with Crippen LogP contribution in [0.25, 0.3) is 0 Å². The summed E-state index contributed by atoms with van der Waals surface area (Å²) < 4.78 is 10.6. The van der Waals surface area contributed by atoms with Crippen molar-refractivity contribution >= 4 is 17.5 Å². The topological polar surface area (TPSA) is 79.9 Å². The van der Waals surface area contributed by atoms with Crippen LogP contribution in [0.1, 0.15) is 22.3 Å². The molecule has 0 saturated carbocycles. The minimum Gasteiger partial charge on any atom is -0.496 e. The van der Waals surface area contributed by atoms with E-state index >= 15 is 0 Å². The number of para-hydroxylation sites is 2. The number of nitrogens with one attached hydrogen (secondary N) is 2. The summed E-state index contributed by atoms with van der Waals surface area (Å²) >= 11 is 0. The molecule has 7 heteroatoms. The largest absolute Gasteiger partial charge is 0.496 e. The summed E-state index contributed by atoms with van der Waals surface area (Å²) in [7, 11) is 1.58. The van der Waals surface area contributed by atoms with E-state index in [4.69, 9.17) is 9.47 Å². The zero-order valence-corrected chi connectivity index (χ0v) is 17.4. The van der Waals surface area contributed by atoms with Crippen LogP contribution in [0.3, 0.4) is 0 Å². The van der Waals surface area contributed by atoms with E-state index in [1.165, 1.54) is 0 Å². The van der Waals surface area contributed by atoms with Crippen molar-refractivity contribution in [2.24, 2.45) is 0 Å². The van der Waals surface area contributed by atoms with Crippen LogP contribution in [-0.4, -0.2) is 63.2 Å². The predicted octanol–water partition coefficient (Wildman–Crippen LogP) is 2.33. The average Bonchev–Trinajstić information content (AvgIpc) is 2.78. The maximum absolute atomic E-state index is 12.6. The van der Waals surface area contributed by atoms with Gasteiger partial charge >= 0.3 is 0 Å². The van der Waals surface area contributed by atoms with Crippen LogP contribution in [0.2, 0.25) is 0 Å². The number of morpholine rings is 1. The molecule has 2 aromatic carbocycles. The standard InChI is InChI=1S/C23H29N3O4/c1-29-21-10-5-2-7-18(21)17-22(27)25-20-9-4-3-8-19(20)23(28)24-11-6-12-26-13-15-30-16-14-26/h2-5,7-10H,6,11-17H2,1H3,(H,24,28)(H,25,27). The molecule has 0 aliphatic carbocycles. The third kappa shape index (κ3) is 6.30. The summed E-state index contributed by atoms with van der Waals surface area (Å²) in [4.78, 5) is 27.5. The highest BCUT2D eigenvalue weighted by Gasteiger charge is 2.15. The number of carbonyl (C=O) groups is 2. The Morgan fingerprint density at radius 2 is 1.80 bits per heavy atom. The van der Waals surface area contributed by atoms with E-state index in [-0.39, 0.29) is 18.2 Å². The zero-order valence-electron chi connectivity index (χ0n) is 17.4. The molecule has 160 valence electrons. The number of carbonyl (C=O) groups excluding carboxylic acids is 2. The van der Waals surface area contributed by atoms with Gasteiger partial charge in [-0.05, 0) is 31.2 Å². The number of rotatable bonds is 9. The fourth-order valence-corrected chi connectivity index (χ4v) is 3.43. The molecule has 1 aliphatic rings. The van der Waals surface area contributed by atoms with Gasteiger partial charge in [0.15, 0.2) is 0 Å². The normalized spacial score (nSPS) is 14.2. The quantitative estimate of drug-likeness (QED) is 0.619. The van der Waals surface area contributed by atoms with Crippen LogP contribution >= 0.6 is 0 Å². The average molecular weight is 412 g/mol. The van der Waals surface area contributed by atoms with Crippen molar-refractivity contribution in [3.05, 3.63) is 59.7 Å². The van der Waals surface area contributed by atoms with E-state index in [1.54, 1.807) is 31.4 Å². The molecule has 0 bridgehead atoms. The second-order valence-electron chi connectivity index (χ2n) is 7.15. The SMILES string of the molecule is COc1ccccc1CC(=O)Nc1ccccc1C(=O)NCCCN1CCOCC1. The molecule has 7 nitrogen and oxygen atoms in total. The molecule has 1 fully saturated rings. The second-order valence-corrected chi connectivity index (χ2v) is 7.15. The van der Waals surface area contributed by atoms with Crippen LogP contribution in [0.4, 0.5) is 5.69 Å². The first-order valence-electron chi connectivity index (χ1n) is 10.3. The number of methoxy groups -OCH3 is 1. The van der Waals surface area contributed by atoms with Crippen LogP contribution in [-0.2, 0) is 16.0 Å². The van der Waals surface area contributed by atoms with Crippen LogP contribution < -0.4 is 15.4 Å². The van der Waals surface area contributed by atoms with Crippen molar-refractivity contribution in [1.82, 2.24) is 10.2 Å². The molecule has 2 aromatic rings. The number of nitrogens with zero attached hydrogens (tertiary/aromatic N) is 1. The lowest BCUT2D eigenvalue weighted by molar-refractivity contribution is -0.115. The molecular weight excluding hydrogens is 382 g/mol. The lowest BCUT2D eigenvalue weighted by Crippen LogP contribution is -2.38. The maximum atomic E-state index is 12.6. The number of hydrogen-bond donors (Lipinski definition) is 2. The van der Waals surface area contributed by atoms with E-state index < -0.39 is 0 Å². The molecule has 2 amide bonds. The van der Waals surface area contributed by atoms with Crippen LogP contribution in [0, 0.1) is 0 Å². The van der Waals surface area contributed by atoms with Gasteiger partial charge in [-0.15, -0.1) is 0 Å². The molecule has 0 aromatic heterocycles. The fourth-order valence-electron chi connectivity index (χ4n) is 3.43. The van der Waals surface area contributed by atoms with Gasteiger partial charge in [0.1, 0.15) is 5.75 Å². The third-order valence-corrected chi connectivity index (χ3v) is 5.03. The molecule has 2 N–H and O–H groups in total. The number of amides is 2. The van der Waals surface area contributed by atoms with Crippen LogP contribution in [0.15, 0.2) is 48.5 Å². The molecule has 1 aliphatic heterocycles. The highest BCUT2D eigenvalue weighted by atomic mass is 16.5. The number of anilines is 1. The van der Waals surface area contributed by atoms with Gasteiger partial charge in [0, 0.05) is 25.2 Å². The van der Waals surface area contributed by atoms with Gasteiger partial charge in [-0.25, -0.2) is 0 Å². The van der Waals surface area contributed by atoms with Crippen molar-refractivity contribution in [2.75, 3.05) is 51.8 Å². The summed E-state index contributed by atoms with van der Waals surface area (Å²) in [5, 5.41) is 5.81. The van der Waals surface area contributed by atoms with Gasteiger partial charge in [-0.1, -0.05) is 30.3 Å². The van der Waals surface area contributed by atoms with Crippen molar-refractivity contribution in [3.8, 4) is 5.75 Å². The number of hydrogen-bond acceptors (Lipinski definition) is 5. The fraction of sp³-hybridized carbons (Fsp3) is 0.391. The predicted molar refractivity (Wildman–Crippen MR) is 116 cm³/mol. The van der Waals surface area contributed by atoms with Crippen molar-refractivity contribution in [3.63, 3.8) is 0 Å². The lowest BCUT2D eigenvalue weighted by Gasteiger charge is -2.26. The molecule has 0 atom stereocenters. The Balaban J connectivity index is 1.52. The minimum atomic E-state index is -0.202. The first kappa shape index (κ1) is 21.8. The second kappa shape index (κ2) is 11.3. The highest BCUT2D eigenvalue weighted by Crippen LogP contribution is 2.20. The summed E-state index contributed by atoms with van der Waals surface area (Å²) in [5.41, 5.74) is 1.75. The minimum absolute atomic E-state index is 0.166. The van der Waals surface area contributed by atoms with E-state index in [0.717, 1.165) is 44.8 Å². The Morgan fingerprint density at radius 1 is 1.07 bits per heavy atom. The first-order chi connectivity index (χ1) is 14.7. The molecule has 0 radical (unpaired) electrons. The smallest absolute Gasteiger partial charge is 0.253 e. The molecule has 1 saturated heterocycles. The monoisotopic (exact) mass is 411 g/mol. The molecule has 3 rings (SSSR count). The Kier molecular flexibility index (Phi) is 8.23. The van der Waals surface area contributed by atoms with E-state index in [2.05, 4.69) is 15.5 Å². The van der Waals surface area contributed by atoms with Crippen LogP contribution in [0.5, 0.6) is 5.75 Å². The maximum Gasteiger partial charge on any atom is 0.253 e. The van der Waals surface area contributed by atoms with E-state index in [0.29, 0.717) is 23.5 Å². The van der Waals surface area contributed by atoms with Gasteiger partial charge in [-0.2, -0.15) is 0 Å². The molecular formula is C23H29N3O4. The number of ether oxygens (including phenoxy) is 2. The Hall–Kier alpha value is -2.90. The molecule has 30 heavy (non-hydrogen) atoms. The molecule has 0 unspecified atom stereocenters. The summed E-state index contributed by atoms with van der Waals surface area (Å²) in [6, 6.07) is 14.4. The Bertz CT molecular complexity index is 850. The lowest BCUT2D eigenvalue weighted by atomic mass is 10.1. The van der Waals surface area contributed by atoms with Gasteiger partial charge in [0.25, 0.3) is 5.91 Å². The molecule has 1 heterocycles. The van der Waals surface area contributed by atoms with Gasteiger partial charge in [-0.3, -0.25) is 14.5 Å². The zero-order chi connectivity index (χ0) is 21.2. The van der Waals surface area contributed by atoms with Gasteiger partial charge in [0.05, 0.1) is 38.0 Å². The summed E-state index contributed by atoms with van der Waals surface area (Å²) in [5.74, 6) is 0.274. The van der Waals surface area contributed by atoms with Crippen molar-refractivity contribution in [1.29, 1.82) is 0 Å². The van der Waals surface area contributed by atoms with Gasteiger partial charge in [0.2, 0.25) is 5.91 Å². The van der Waals surface area contributed by atoms with Gasteiger partial charge < -0.3 is 20.1 Å². The van der Waals surface area contributed by atoms with E-state index in [9.17, 15) is 9.59 Å². The first-order valence-corrected chi connectivity index (χ1v) is 10.3. The van der Waals surface area contributed by atoms with Crippen molar-refractivity contribution in [2.45, 2.75) is 12.8 Å². The third-order valence-electron chi connectivity index (χ3n) is 5.03. The summed E-state index contributed by atoms with van der Waals surface area (Å²) in [6.07, 6.45) is 1.04. The summed E-state index contributed by atoms with van der Waals surface area (Å²) in [6.45, 7) is 4.94. The highest BCUT2D eigenvalue weighted by molar-refractivity contribution is 6.04. The molecule has 0 spiro atoms. The van der Waals surface area contributed by atoms with E-state index in [1.807, 2.05) is 24.3 Å². The Morgan fingerprint density at radius 3 is 2.60 bits per heavy atom.